The third-order valence-corrected chi connectivity index (χ3v) is 7.03. The summed E-state index contributed by atoms with van der Waals surface area (Å²) < 4.78 is 21.3. The number of fused-ring (bicyclic) bond motifs is 4. The third kappa shape index (κ3) is 7.21. The summed E-state index contributed by atoms with van der Waals surface area (Å²) in [5, 5.41) is 5.99. The maximum absolute atomic E-state index is 6.48. The first-order valence-electron chi connectivity index (χ1n) is 13.1. The van der Waals surface area contributed by atoms with E-state index in [2.05, 4.69) is 73.3 Å². The van der Waals surface area contributed by atoms with Gasteiger partial charge in [-0.1, -0.05) is 12.1 Å². The van der Waals surface area contributed by atoms with Crippen LogP contribution < -0.4 is 62.6 Å². The van der Waals surface area contributed by atoms with E-state index >= 15 is 0 Å². The molecule has 0 radical (unpaired) electrons. The van der Waals surface area contributed by atoms with Crippen LogP contribution in [0.2, 0.25) is 0 Å². The van der Waals surface area contributed by atoms with E-state index in [4.69, 9.17) is 13.9 Å². The molecule has 0 bridgehead atoms. The molecule has 1 aliphatic rings. The zero-order chi connectivity index (χ0) is 25.1. The third-order valence-electron chi connectivity index (χ3n) is 7.03. The van der Waals surface area contributed by atoms with Crippen molar-refractivity contribution in [3.05, 3.63) is 42.5 Å². The summed E-state index contributed by atoms with van der Waals surface area (Å²) in [6, 6.07) is 14.7. The number of benzene rings is 2. The predicted molar refractivity (Wildman–Crippen MR) is 146 cm³/mol. The quantitative estimate of drug-likeness (QED) is 0.0899. The molecule has 4 aromatic rings. The average molecular weight is 746 g/mol. The number of para-hydroxylation sites is 1. The number of anilines is 1. The van der Waals surface area contributed by atoms with Crippen molar-refractivity contribution in [2.24, 2.45) is 7.05 Å². The molecule has 0 spiro atoms. The van der Waals surface area contributed by atoms with E-state index in [0.717, 1.165) is 96.8 Å². The van der Waals surface area contributed by atoms with Gasteiger partial charge in [0, 0.05) is 32.1 Å². The molecule has 208 valence electrons. The van der Waals surface area contributed by atoms with Crippen LogP contribution in [-0.4, -0.2) is 83.1 Å². The molecular weight excluding hydrogens is 706 g/mol. The van der Waals surface area contributed by atoms with E-state index in [-0.39, 0.29) is 48.0 Å². The number of quaternary nitrogens is 1. The zero-order valence-corrected chi connectivity index (χ0v) is 27.2. The Hall–Kier alpha value is -1.41. The fourth-order valence-corrected chi connectivity index (χ4v) is 5.12. The topological polar surface area (TPSA) is 50.8 Å². The van der Waals surface area contributed by atoms with Crippen LogP contribution in [0, 0.1) is 0 Å². The maximum Gasteiger partial charge on any atom is 0.261 e. The van der Waals surface area contributed by atoms with Gasteiger partial charge >= 0.3 is 0 Å². The predicted octanol–water partition coefficient (Wildman–Crippen LogP) is -1.82. The Morgan fingerprint density at radius 2 is 1.76 bits per heavy atom. The van der Waals surface area contributed by atoms with Gasteiger partial charge in [-0.25, -0.2) is 0 Å². The Morgan fingerprint density at radius 1 is 1.00 bits per heavy atom. The minimum Gasteiger partial charge on any atom is -1.00 e. The van der Waals surface area contributed by atoms with Gasteiger partial charge in [0.1, 0.15) is 18.4 Å². The normalized spacial score (nSPS) is 14.4. The number of hydrogen-bond acceptors (Lipinski definition) is 5. The van der Waals surface area contributed by atoms with Crippen molar-refractivity contribution < 1.29 is 70.9 Å². The van der Waals surface area contributed by atoms with Crippen molar-refractivity contribution in [3.8, 4) is 5.75 Å². The highest BCUT2D eigenvalue weighted by molar-refractivity contribution is 6.11. The summed E-state index contributed by atoms with van der Waals surface area (Å²) in [5.41, 5.74) is 5.13. The van der Waals surface area contributed by atoms with Gasteiger partial charge < -0.3 is 71.6 Å². The van der Waals surface area contributed by atoms with E-state index in [1.807, 2.05) is 12.1 Å². The largest absolute Gasteiger partial charge is 1.00 e. The number of pyridine rings is 1. The van der Waals surface area contributed by atoms with Crippen molar-refractivity contribution in [3.63, 3.8) is 0 Å². The molecule has 0 amide bonds. The summed E-state index contributed by atoms with van der Waals surface area (Å²) in [7, 11) is 8.75. The number of nitrogens with zero attached hydrogens (tertiary/aromatic N) is 3. The average Bonchev–Trinajstić information content (AvgIpc) is 3.25. The SMILES string of the molecule is C[n+]1c2ccccc2c(NCCCN2CCOCC2)c2oc3ccc(OCCC[N+](C)(C)C)cc3c21.[I-].[I-]. The smallest absolute Gasteiger partial charge is 0.261 e. The molecule has 0 unspecified atom stereocenters. The van der Waals surface area contributed by atoms with E-state index in [1.54, 1.807) is 0 Å². The van der Waals surface area contributed by atoms with Crippen molar-refractivity contribution in [1.82, 2.24) is 4.90 Å². The van der Waals surface area contributed by atoms with Crippen molar-refractivity contribution in [2.45, 2.75) is 12.8 Å². The van der Waals surface area contributed by atoms with Crippen LogP contribution in [-0.2, 0) is 11.8 Å². The molecule has 7 nitrogen and oxygen atoms in total. The Kier molecular flexibility index (Phi) is 11.3. The number of morpholine rings is 1. The number of ether oxygens (including phenoxy) is 2. The first kappa shape index (κ1) is 31.1. The molecule has 1 aliphatic heterocycles. The van der Waals surface area contributed by atoms with Crippen LogP contribution >= 0.6 is 0 Å². The minimum atomic E-state index is 0. The number of rotatable bonds is 10. The first-order chi connectivity index (χ1) is 17.4. The minimum absolute atomic E-state index is 0. The Morgan fingerprint density at radius 3 is 2.53 bits per heavy atom. The first-order valence-corrected chi connectivity index (χ1v) is 13.1. The second-order valence-electron chi connectivity index (χ2n) is 10.8. The standard InChI is InChI=1S/C29H39N4O3.2HI/c1-31-25-10-6-5-9-23(25)27(30-13-7-14-32-15-19-34-20-16-32)29-28(31)24-21-22(11-12-26(24)36-29)35-18-8-17-33(2,3)4;;/h5-6,9-12,21H,7-8,13-20H2,1-4H3;2*1H/q+1;;/p-1. The van der Waals surface area contributed by atoms with E-state index in [0.29, 0.717) is 6.61 Å². The van der Waals surface area contributed by atoms with E-state index < -0.39 is 0 Å². The number of furan rings is 1. The molecule has 0 aliphatic carbocycles. The lowest BCUT2D eigenvalue weighted by molar-refractivity contribution is -0.870. The van der Waals surface area contributed by atoms with E-state index in [1.165, 1.54) is 10.9 Å². The van der Waals surface area contributed by atoms with Crippen molar-refractivity contribution >= 4 is 38.7 Å². The molecule has 5 rings (SSSR count). The second kappa shape index (κ2) is 13.8. The van der Waals surface area contributed by atoms with Gasteiger partial charge in [0.15, 0.2) is 0 Å². The van der Waals surface area contributed by atoms with Gasteiger partial charge in [0.2, 0.25) is 11.1 Å². The van der Waals surface area contributed by atoms with Crippen LogP contribution in [0.15, 0.2) is 46.9 Å². The number of aryl methyl sites for hydroxylation is 1. The molecule has 3 heterocycles. The second-order valence-corrected chi connectivity index (χ2v) is 10.8. The highest BCUT2D eigenvalue weighted by Gasteiger charge is 2.25. The van der Waals surface area contributed by atoms with Gasteiger partial charge in [-0.05, 0) is 37.2 Å². The van der Waals surface area contributed by atoms with Crippen LogP contribution in [0.3, 0.4) is 0 Å². The maximum atomic E-state index is 6.48. The summed E-state index contributed by atoms with van der Waals surface area (Å²) in [4.78, 5) is 2.48. The summed E-state index contributed by atoms with van der Waals surface area (Å²) in [6.07, 6.45) is 2.09. The van der Waals surface area contributed by atoms with Gasteiger partial charge in [0.05, 0.1) is 64.0 Å². The van der Waals surface area contributed by atoms with Crippen LogP contribution in [0.5, 0.6) is 5.75 Å². The summed E-state index contributed by atoms with van der Waals surface area (Å²) >= 11 is 0. The van der Waals surface area contributed by atoms with Gasteiger partial charge in [-0.2, -0.15) is 4.57 Å². The molecule has 2 aromatic heterocycles. The van der Waals surface area contributed by atoms with Crippen molar-refractivity contribution in [1.29, 1.82) is 0 Å². The van der Waals surface area contributed by atoms with Gasteiger partial charge in [0.25, 0.3) is 5.52 Å². The van der Waals surface area contributed by atoms with Gasteiger partial charge in [-0.15, -0.1) is 0 Å². The molecular formula is C29H40I2N4O3. The molecule has 2 aromatic carbocycles. The highest BCUT2D eigenvalue weighted by Crippen LogP contribution is 2.37. The lowest BCUT2D eigenvalue weighted by Gasteiger charge is -2.26. The van der Waals surface area contributed by atoms with Gasteiger partial charge in [-0.3, -0.25) is 4.90 Å². The summed E-state index contributed by atoms with van der Waals surface area (Å²) in [5.74, 6) is 0.889. The fourth-order valence-electron chi connectivity index (χ4n) is 5.12. The number of hydrogen-bond donors (Lipinski definition) is 1. The Bertz CT molecular complexity index is 1350. The molecule has 1 N–H and O–H groups in total. The van der Waals surface area contributed by atoms with Crippen LogP contribution in [0.1, 0.15) is 12.8 Å². The lowest BCUT2D eigenvalue weighted by Crippen LogP contribution is -3.00. The van der Waals surface area contributed by atoms with Crippen molar-refractivity contribution in [2.75, 3.05) is 79.0 Å². The number of aromatic nitrogens is 1. The lowest BCUT2D eigenvalue weighted by atomic mass is 10.1. The zero-order valence-electron chi connectivity index (χ0n) is 22.9. The fraction of sp³-hybridized carbons (Fsp3) is 0.483. The summed E-state index contributed by atoms with van der Waals surface area (Å²) in [6.45, 7) is 7.49. The molecule has 1 saturated heterocycles. The Balaban J connectivity index is 0.00000200. The molecule has 0 atom stereocenters. The molecule has 1 fully saturated rings. The molecule has 9 heteroatoms. The van der Waals surface area contributed by atoms with Crippen LogP contribution in [0.4, 0.5) is 5.69 Å². The molecule has 38 heavy (non-hydrogen) atoms. The molecule has 0 saturated carbocycles. The van der Waals surface area contributed by atoms with Crippen LogP contribution in [0.25, 0.3) is 33.0 Å². The highest BCUT2D eigenvalue weighted by atomic mass is 127. The Labute approximate surface area is 260 Å². The number of nitrogens with one attached hydrogen (secondary N) is 1. The number of halogens is 2. The monoisotopic (exact) mass is 746 g/mol. The van der Waals surface area contributed by atoms with E-state index in [9.17, 15) is 0 Å².